The fraction of sp³-hybridized carbons (Fsp3) is 0.227. The van der Waals surface area contributed by atoms with Crippen LogP contribution < -0.4 is 10.9 Å². The van der Waals surface area contributed by atoms with Gasteiger partial charge in [0, 0.05) is 29.4 Å². The molecule has 0 radical (unpaired) electrons. The van der Waals surface area contributed by atoms with E-state index in [2.05, 4.69) is 10.4 Å². The van der Waals surface area contributed by atoms with Crippen LogP contribution in [0.3, 0.4) is 0 Å². The summed E-state index contributed by atoms with van der Waals surface area (Å²) in [6.07, 6.45) is 2.38. The fourth-order valence-electron chi connectivity index (χ4n) is 3.64. The van der Waals surface area contributed by atoms with Gasteiger partial charge in [-0.1, -0.05) is 41.9 Å². The summed E-state index contributed by atoms with van der Waals surface area (Å²) in [7, 11) is 1.61. The minimum absolute atomic E-state index is 0.138. The van der Waals surface area contributed by atoms with Crippen LogP contribution in [0.15, 0.2) is 59.5 Å². The average molecular weight is 409 g/mol. The average Bonchev–Trinajstić information content (AvgIpc) is 3.06. The number of fused-ring (bicyclic) bond motifs is 3. The molecule has 2 heterocycles. The summed E-state index contributed by atoms with van der Waals surface area (Å²) >= 11 is 5.91. The molecule has 2 aromatic carbocycles. The monoisotopic (exact) mass is 408 g/mol. The molecular formula is C22H21ClN4O2. The molecule has 0 bridgehead atoms. The Morgan fingerprint density at radius 1 is 1.14 bits per heavy atom. The van der Waals surface area contributed by atoms with E-state index in [9.17, 15) is 9.59 Å². The number of hydrogen-bond acceptors (Lipinski definition) is 3. The van der Waals surface area contributed by atoms with E-state index >= 15 is 0 Å². The Bertz CT molecular complexity index is 1260. The van der Waals surface area contributed by atoms with Crippen LogP contribution in [-0.2, 0) is 18.3 Å². The highest BCUT2D eigenvalue weighted by atomic mass is 35.5. The van der Waals surface area contributed by atoms with Crippen LogP contribution in [0.25, 0.3) is 21.8 Å². The minimum Gasteiger partial charge on any atom is -0.354 e. The van der Waals surface area contributed by atoms with Crippen LogP contribution in [0.2, 0.25) is 5.02 Å². The molecular weight excluding hydrogens is 388 g/mol. The number of rotatable bonds is 5. The zero-order chi connectivity index (χ0) is 20.5. The molecule has 0 spiro atoms. The van der Waals surface area contributed by atoms with Crippen LogP contribution in [0.5, 0.6) is 0 Å². The highest BCUT2D eigenvalue weighted by Crippen LogP contribution is 2.29. The van der Waals surface area contributed by atoms with E-state index in [1.807, 2.05) is 60.0 Å². The number of halogens is 1. The van der Waals surface area contributed by atoms with Crippen molar-refractivity contribution in [2.75, 3.05) is 6.54 Å². The van der Waals surface area contributed by atoms with Gasteiger partial charge in [-0.05, 0) is 37.1 Å². The number of para-hydroxylation sites is 1. The quantitative estimate of drug-likeness (QED) is 0.549. The van der Waals surface area contributed by atoms with Crippen molar-refractivity contribution >= 4 is 39.3 Å². The lowest BCUT2D eigenvalue weighted by Gasteiger charge is -2.16. The van der Waals surface area contributed by atoms with Gasteiger partial charge in [0.05, 0.1) is 11.7 Å². The molecule has 29 heavy (non-hydrogen) atoms. The molecule has 1 atom stereocenters. The van der Waals surface area contributed by atoms with Gasteiger partial charge in [-0.25, -0.2) is 4.68 Å². The minimum atomic E-state index is -0.544. The van der Waals surface area contributed by atoms with Crippen molar-refractivity contribution < 1.29 is 4.79 Å². The zero-order valence-corrected chi connectivity index (χ0v) is 17.0. The van der Waals surface area contributed by atoms with Crippen LogP contribution in [0, 0.1) is 0 Å². The standard InChI is InChI=1S/C22H21ClN4O2/c1-14(21(28)24-12-11-15-7-9-16(23)10-8-15)27-19-6-4-3-5-17(19)18-13-25-26(2)22(29)20(18)27/h3-10,13-14H,11-12H2,1-2H3,(H,24,28)/t14-/m0/s1. The third kappa shape index (κ3) is 3.51. The Hall–Kier alpha value is -3.12. The maximum Gasteiger partial charge on any atom is 0.291 e. The highest BCUT2D eigenvalue weighted by molar-refractivity contribution is 6.30. The lowest BCUT2D eigenvalue weighted by Crippen LogP contribution is -2.33. The summed E-state index contributed by atoms with van der Waals surface area (Å²) in [6, 6.07) is 14.7. The van der Waals surface area contributed by atoms with E-state index in [0.717, 1.165) is 21.9 Å². The predicted octanol–water partition coefficient (Wildman–Crippen LogP) is 3.46. The van der Waals surface area contributed by atoms with Gasteiger partial charge in [-0.3, -0.25) is 9.59 Å². The molecule has 7 heteroatoms. The van der Waals surface area contributed by atoms with Crippen molar-refractivity contribution in [2.24, 2.45) is 7.05 Å². The van der Waals surface area contributed by atoms with E-state index in [4.69, 9.17) is 11.6 Å². The van der Waals surface area contributed by atoms with Crippen LogP contribution in [0.1, 0.15) is 18.5 Å². The lowest BCUT2D eigenvalue weighted by molar-refractivity contribution is -0.123. The molecule has 1 N–H and O–H groups in total. The molecule has 2 aromatic heterocycles. The number of carbonyl (C=O) groups is 1. The van der Waals surface area contributed by atoms with Crippen molar-refractivity contribution in [3.05, 3.63) is 75.7 Å². The largest absolute Gasteiger partial charge is 0.354 e. The van der Waals surface area contributed by atoms with Crippen molar-refractivity contribution in [2.45, 2.75) is 19.4 Å². The van der Waals surface area contributed by atoms with Crippen molar-refractivity contribution in [1.82, 2.24) is 19.7 Å². The second-order valence-electron chi connectivity index (χ2n) is 7.07. The molecule has 0 aliphatic heterocycles. The van der Waals surface area contributed by atoms with Gasteiger partial charge >= 0.3 is 0 Å². The van der Waals surface area contributed by atoms with Crippen LogP contribution >= 0.6 is 11.6 Å². The first-order valence-electron chi connectivity index (χ1n) is 9.44. The van der Waals surface area contributed by atoms with Crippen LogP contribution in [0.4, 0.5) is 0 Å². The van der Waals surface area contributed by atoms with E-state index in [1.54, 1.807) is 13.2 Å². The number of hydrogen-bond donors (Lipinski definition) is 1. The molecule has 4 rings (SSSR count). The van der Waals surface area contributed by atoms with Crippen molar-refractivity contribution in [3.63, 3.8) is 0 Å². The molecule has 148 valence electrons. The molecule has 0 saturated heterocycles. The SMILES string of the molecule is C[C@@H](C(=O)NCCc1ccc(Cl)cc1)n1c2ccccc2c2cnn(C)c(=O)c21. The number of aromatic nitrogens is 3. The van der Waals surface area contributed by atoms with Gasteiger partial charge < -0.3 is 9.88 Å². The number of nitrogens with zero attached hydrogens (tertiary/aromatic N) is 3. The summed E-state index contributed by atoms with van der Waals surface area (Å²) in [5, 5.41) is 9.48. The van der Waals surface area contributed by atoms with Crippen molar-refractivity contribution in [1.29, 1.82) is 0 Å². The van der Waals surface area contributed by atoms with Gasteiger partial charge in [0.1, 0.15) is 11.6 Å². The van der Waals surface area contributed by atoms with Crippen LogP contribution in [-0.4, -0.2) is 26.8 Å². The smallest absolute Gasteiger partial charge is 0.291 e. The van der Waals surface area contributed by atoms with E-state index in [0.29, 0.717) is 23.5 Å². The van der Waals surface area contributed by atoms with Gasteiger partial charge in [-0.2, -0.15) is 5.10 Å². The molecule has 0 aliphatic carbocycles. The maximum absolute atomic E-state index is 12.9. The Balaban J connectivity index is 1.64. The summed E-state index contributed by atoms with van der Waals surface area (Å²) in [5.74, 6) is -0.138. The Kier molecular flexibility index (Phi) is 5.11. The maximum atomic E-state index is 12.9. The molecule has 1 amide bonds. The third-order valence-electron chi connectivity index (χ3n) is 5.20. The number of carbonyl (C=O) groups excluding carboxylic acids is 1. The van der Waals surface area contributed by atoms with E-state index < -0.39 is 6.04 Å². The number of nitrogens with one attached hydrogen (secondary N) is 1. The molecule has 0 unspecified atom stereocenters. The van der Waals surface area contributed by atoms with E-state index in [-0.39, 0.29) is 11.5 Å². The normalized spacial score (nSPS) is 12.4. The van der Waals surface area contributed by atoms with Crippen molar-refractivity contribution in [3.8, 4) is 0 Å². The first-order valence-corrected chi connectivity index (χ1v) is 9.82. The Morgan fingerprint density at radius 3 is 2.62 bits per heavy atom. The molecule has 0 saturated carbocycles. The molecule has 0 fully saturated rings. The van der Waals surface area contributed by atoms with Gasteiger partial charge in [0.15, 0.2) is 0 Å². The summed E-state index contributed by atoms with van der Waals surface area (Å²) in [6.45, 7) is 2.31. The predicted molar refractivity (Wildman–Crippen MR) is 115 cm³/mol. The molecule has 0 aliphatic rings. The second kappa shape index (κ2) is 7.72. The lowest BCUT2D eigenvalue weighted by atomic mass is 10.1. The first kappa shape index (κ1) is 19.2. The van der Waals surface area contributed by atoms with Gasteiger partial charge in [0.25, 0.3) is 5.56 Å². The number of benzene rings is 2. The molecule has 6 nitrogen and oxygen atoms in total. The topological polar surface area (TPSA) is 68.9 Å². The molecule has 4 aromatic rings. The summed E-state index contributed by atoms with van der Waals surface area (Å²) in [4.78, 5) is 25.7. The second-order valence-corrected chi connectivity index (χ2v) is 7.50. The van der Waals surface area contributed by atoms with Gasteiger partial charge in [0.2, 0.25) is 5.91 Å². The van der Waals surface area contributed by atoms with Gasteiger partial charge in [-0.15, -0.1) is 0 Å². The summed E-state index contributed by atoms with van der Waals surface area (Å²) in [5.41, 5.74) is 2.20. The zero-order valence-electron chi connectivity index (χ0n) is 16.2. The summed E-state index contributed by atoms with van der Waals surface area (Å²) < 4.78 is 3.11. The number of amides is 1. The first-order chi connectivity index (χ1) is 14.0. The third-order valence-corrected chi connectivity index (χ3v) is 5.45. The fourth-order valence-corrected chi connectivity index (χ4v) is 3.76. The Morgan fingerprint density at radius 2 is 1.86 bits per heavy atom. The number of aryl methyl sites for hydroxylation is 1. The highest BCUT2D eigenvalue weighted by Gasteiger charge is 2.22. The Labute approximate surface area is 172 Å². The van der Waals surface area contributed by atoms with E-state index in [1.165, 1.54) is 4.68 Å².